The van der Waals surface area contributed by atoms with Crippen LogP contribution in [0.2, 0.25) is 0 Å². The van der Waals surface area contributed by atoms with Crippen LogP contribution in [-0.2, 0) is 25.6 Å². The number of carbonyl (C=O) groups is 5. The first-order chi connectivity index (χ1) is 19.9. The van der Waals surface area contributed by atoms with Gasteiger partial charge < -0.3 is 46.9 Å². The van der Waals surface area contributed by atoms with Crippen molar-refractivity contribution in [3.05, 3.63) is 36.0 Å². The molecule has 1 aliphatic heterocycles. The number of aliphatic hydroxyl groups excluding tert-OH is 2. The molecule has 2 aliphatic rings. The van der Waals surface area contributed by atoms with Gasteiger partial charge in [0.05, 0.1) is 12.2 Å². The molecule has 9 N–H and O–H groups in total. The topological polar surface area (TPSA) is 227 Å². The third kappa shape index (κ3) is 6.49. The van der Waals surface area contributed by atoms with Crippen LogP contribution in [0.5, 0.6) is 0 Å². The van der Waals surface area contributed by atoms with Gasteiger partial charge in [-0.05, 0) is 50.2 Å². The van der Waals surface area contributed by atoms with Crippen molar-refractivity contribution in [2.45, 2.75) is 75.9 Å². The second-order valence-electron chi connectivity index (χ2n) is 11.2. The van der Waals surface area contributed by atoms with Crippen molar-refractivity contribution < 1.29 is 39.3 Å². The number of para-hydroxylation sites is 1. The number of hydrogen-bond acceptors (Lipinski definition) is 7. The number of likely N-dealkylation sites (tertiary alicyclic amines) is 1. The highest BCUT2D eigenvalue weighted by Gasteiger charge is 2.51. The van der Waals surface area contributed by atoms with Gasteiger partial charge in [0.15, 0.2) is 0 Å². The molecule has 1 aromatic heterocycles. The van der Waals surface area contributed by atoms with Crippen molar-refractivity contribution >= 4 is 40.6 Å². The lowest BCUT2D eigenvalue weighted by Crippen LogP contribution is -2.61. The van der Waals surface area contributed by atoms with Crippen LogP contribution in [-0.4, -0.2) is 97.8 Å². The number of nitrogens with zero attached hydrogens (tertiary/aromatic N) is 1. The molecule has 2 heterocycles. The summed E-state index contributed by atoms with van der Waals surface area (Å²) < 4.78 is 0. The number of nitrogens with two attached hydrogens (primary N) is 1. The van der Waals surface area contributed by atoms with E-state index >= 15 is 0 Å². The van der Waals surface area contributed by atoms with Gasteiger partial charge in [-0.2, -0.15) is 0 Å². The largest absolute Gasteiger partial charge is 0.465 e. The Balaban J connectivity index is 1.63. The van der Waals surface area contributed by atoms with E-state index in [2.05, 4.69) is 15.6 Å². The Hall–Kier alpha value is -4.17. The summed E-state index contributed by atoms with van der Waals surface area (Å²) in [4.78, 5) is 68.6. The molecule has 0 bridgehead atoms. The molecule has 2 fully saturated rings. The molecular formula is C28H38N6O8. The SMILES string of the molecule is C[C@@H](O)[C@H](NC(=O)[C@H](Cc1c[nH]c2ccccc12)NC(=O)[C@@H]1[C@H]2CCC[C@H]2CN1C(=O)[C@@H](NC(=O)O)[C@@H](C)O)C(N)=O. The summed E-state index contributed by atoms with van der Waals surface area (Å²) in [6, 6.07) is 2.26. The van der Waals surface area contributed by atoms with Gasteiger partial charge in [0.1, 0.15) is 24.2 Å². The molecule has 8 atom stereocenters. The first-order valence-electron chi connectivity index (χ1n) is 14.0. The molecule has 0 radical (unpaired) electrons. The monoisotopic (exact) mass is 586 g/mol. The lowest BCUT2D eigenvalue weighted by Gasteiger charge is -2.32. The van der Waals surface area contributed by atoms with Gasteiger partial charge in [-0.15, -0.1) is 0 Å². The van der Waals surface area contributed by atoms with Crippen molar-refractivity contribution in [3.63, 3.8) is 0 Å². The molecule has 1 aromatic carbocycles. The molecule has 14 nitrogen and oxygen atoms in total. The van der Waals surface area contributed by atoms with Crippen molar-refractivity contribution in [2.75, 3.05) is 6.54 Å². The normalized spacial score (nSPS) is 23.3. The summed E-state index contributed by atoms with van der Waals surface area (Å²) in [5.74, 6) is -3.29. The van der Waals surface area contributed by atoms with E-state index in [0.717, 1.165) is 23.7 Å². The van der Waals surface area contributed by atoms with Crippen LogP contribution >= 0.6 is 0 Å². The average Bonchev–Trinajstić information content (AvgIpc) is 3.63. The number of H-pyrrole nitrogens is 1. The van der Waals surface area contributed by atoms with Gasteiger partial charge in [-0.3, -0.25) is 19.2 Å². The summed E-state index contributed by atoms with van der Waals surface area (Å²) in [6.45, 7) is 2.79. The van der Waals surface area contributed by atoms with Crippen LogP contribution in [0.25, 0.3) is 10.9 Å². The Labute approximate surface area is 242 Å². The molecule has 1 aliphatic carbocycles. The lowest BCUT2D eigenvalue weighted by molar-refractivity contribution is -0.143. The van der Waals surface area contributed by atoms with Gasteiger partial charge in [0.25, 0.3) is 0 Å². The lowest BCUT2D eigenvalue weighted by atomic mass is 9.93. The predicted molar refractivity (Wildman–Crippen MR) is 150 cm³/mol. The number of aliphatic hydroxyl groups is 2. The standard InChI is InChI=1S/C28H38N6O8/c1-13(35)21(24(29)37)32-25(38)20(10-16-11-30-19-9-4-3-7-17(16)19)31-26(39)23-18-8-5-6-15(18)12-34(23)27(40)22(14(2)36)33-28(41)42/h3-4,7,9,11,13-15,18,20-23,30,33,35-36H,5-6,8,10,12H2,1-2H3,(H2,29,37)(H,31,39)(H,32,38)(H,41,42)/t13-,14-,15+,18+,20+,21+,22+,23+/m1/s1. The van der Waals surface area contributed by atoms with E-state index < -0.39 is 66.1 Å². The minimum Gasteiger partial charge on any atom is -0.465 e. The number of rotatable bonds is 11. The summed E-state index contributed by atoms with van der Waals surface area (Å²) in [5, 5.41) is 37.4. The Bertz CT molecular complexity index is 1340. The average molecular weight is 587 g/mol. The fourth-order valence-corrected chi connectivity index (χ4v) is 6.24. The molecule has 4 rings (SSSR count). The molecule has 0 unspecified atom stereocenters. The smallest absolute Gasteiger partial charge is 0.405 e. The van der Waals surface area contributed by atoms with Crippen molar-refractivity contribution in [2.24, 2.45) is 17.6 Å². The predicted octanol–water partition coefficient (Wildman–Crippen LogP) is -0.810. The molecule has 5 amide bonds. The molecule has 14 heteroatoms. The maximum Gasteiger partial charge on any atom is 0.405 e. The van der Waals surface area contributed by atoms with Gasteiger partial charge in [0.2, 0.25) is 23.6 Å². The number of aromatic amines is 1. The van der Waals surface area contributed by atoms with Crippen LogP contribution in [0.3, 0.4) is 0 Å². The Morgan fingerprint density at radius 1 is 1.02 bits per heavy atom. The van der Waals surface area contributed by atoms with Crippen LogP contribution < -0.4 is 21.7 Å². The highest BCUT2D eigenvalue weighted by Crippen LogP contribution is 2.42. The number of primary amides is 1. The number of carboxylic acid groups (broad SMARTS) is 1. The summed E-state index contributed by atoms with van der Waals surface area (Å²) in [6.07, 6.45) is -0.142. The van der Waals surface area contributed by atoms with Crippen LogP contribution in [0, 0.1) is 11.8 Å². The number of nitrogens with one attached hydrogen (secondary N) is 4. The number of carbonyl (C=O) groups excluding carboxylic acids is 4. The molecule has 1 saturated heterocycles. The number of amides is 5. The first-order valence-corrected chi connectivity index (χ1v) is 14.0. The molecule has 42 heavy (non-hydrogen) atoms. The Morgan fingerprint density at radius 2 is 1.71 bits per heavy atom. The molecular weight excluding hydrogens is 548 g/mol. The van der Waals surface area contributed by atoms with Gasteiger partial charge >= 0.3 is 6.09 Å². The highest BCUT2D eigenvalue weighted by molar-refractivity contribution is 5.96. The van der Waals surface area contributed by atoms with Crippen molar-refractivity contribution in [1.82, 2.24) is 25.8 Å². The Kier molecular flexibility index (Phi) is 9.36. The fraction of sp³-hybridized carbons (Fsp3) is 0.536. The van der Waals surface area contributed by atoms with Crippen LogP contribution in [0.1, 0.15) is 38.7 Å². The Morgan fingerprint density at radius 3 is 2.36 bits per heavy atom. The number of fused-ring (bicyclic) bond motifs is 2. The quantitative estimate of drug-likeness (QED) is 0.166. The van der Waals surface area contributed by atoms with E-state index in [9.17, 15) is 39.3 Å². The van der Waals surface area contributed by atoms with Gasteiger partial charge in [0, 0.05) is 30.1 Å². The zero-order valence-electron chi connectivity index (χ0n) is 23.4. The fourth-order valence-electron chi connectivity index (χ4n) is 6.24. The van der Waals surface area contributed by atoms with E-state index in [0.29, 0.717) is 12.0 Å². The number of hydrogen-bond donors (Lipinski definition) is 8. The second-order valence-corrected chi connectivity index (χ2v) is 11.2. The van der Waals surface area contributed by atoms with Crippen LogP contribution in [0.4, 0.5) is 4.79 Å². The summed E-state index contributed by atoms with van der Waals surface area (Å²) in [5.41, 5.74) is 6.89. The third-order valence-electron chi connectivity index (χ3n) is 8.29. The highest BCUT2D eigenvalue weighted by atomic mass is 16.4. The maximum absolute atomic E-state index is 13.9. The second kappa shape index (κ2) is 12.8. The van der Waals surface area contributed by atoms with Crippen molar-refractivity contribution in [3.8, 4) is 0 Å². The maximum atomic E-state index is 13.9. The van der Waals surface area contributed by atoms with E-state index in [1.165, 1.54) is 18.7 Å². The molecule has 0 spiro atoms. The third-order valence-corrected chi connectivity index (χ3v) is 8.29. The van der Waals surface area contributed by atoms with Gasteiger partial charge in [-0.25, -0.2) is 4.79 Å². The molecule has 228 valence electrons. The minimum atomic E-state index is -1.49. The zero-order chi connectivity index (χ0) is 30.7. The van der Waals surface area contributed by atoms with E-state index in [4.69, 9.17) is 5.73 Å². The van der Waals surface area contributed by atoms with E-state index in [1.807, 2.05) is 29.6 Å². The zero-order valence-corrected chi connectivity index (χ0v) is 23.4. The first kappa shape index (κ1) is 30.8. The van der Waals surface area contributed by atoms with E-state index in [-0.39, 0.29) is 24.8 Å². The summed E-state index contributed by atoms with van der Waals surface area (Å²) >= 11 is 0. The van der Waals surface area contributed by atoms with Gasteiger partial charge in [-0.1, -0.05) is 24.6 Å². The van der Waals surface area contributed by atoms with Crippen molar-refractivity contribution in [1.29, 1.82) is 0 Å². The number of aromatic nitrogens is 1. The number of benzene rings is 1. The molecule has 2 aromatic rings. The minimum absolute atomic E-state index is 0.000415. The molecule has 1 saturated carbocycles. The van der Waals surface area contributed by atoms with Crippen LogP contribution in [0.15, 0.2) is 30.5 Å². The van der Waals surface area contributed by atoms with E-state index in [1.54, 1.807) is 6.20 Å². The summed E-state index contributed by atoms with van der Waals surface area (Å²) in [7, 11) is 0.